The van der Waals surface area contributed by atoms with Crippen LogP contribution in [0.4, 0.5) is 0 Å². The highest BCUT2D eigenvalue weighted by atomic mass is 32.2. The smallest absolute Gasteiger partial charge is 0.425 e. The molecule has 0 saturated carbocycles. The van der Waals surface area contributed by atoms with Crippen LogP contribution in [0.2, 0.25) is 0 Å². The van der Waals surface area contributed by atoms with Gasteiger partial charge in [-0.3, -0.25) is 0 Å². The fourth-order valence-corrected chi connectivity index (χ4v) is 2.16. The molecular weight excluding hydrogens is 247 g/mol. The minimum atomic E-state index is -3.67. The summed E-state index contributed by atoms with van der Waals surface area (Å²) in [6.45, 7) is -0.381. The molecular formula is C8H11BN2O5S. The first-order valence-electron chi connectivity index (χ1n) is 4.72. The van der Waals surface area contributed by atoms with E-state index in [1.54, 1.807) is 0 Å². The zero-order valence-corrected chi connectivity index (χ0v) is 9.59. The molecule has 1 aromatic rings. The quantitative estimate of drug-likeness (QED) is 0.420. The molecule has 0 amide bonds. The Labute approximate surface area is 98.6 Å². The summed E-state index contributed by atoms with van der Waals surface area (Å²) in [6, 6.07) is 5.06. The monoisotopic (exact) mass is 258 g/mol. The SMILES string of the molecule is O=NB(O)c1ccc(S(=O)(=O)NCCO)cc1. The third-order valence-corrected chi connectivity index (χ3v) is 3.47. The van der Waals surface area contributed by atoms with Gasteiger partial charge in [0.2, 0.25) is 10.0 Å². The van der Waals surface area contributed by atoms with Crippen LogP contribution in [0.5, 0.6) is 0 Å². The van der Waals surface area contributed by atoms with Gasteiger partial charge in [-0.25, -0.2) is 13.1 Å². The minimum Gasteiger partial charge on any atom is -0.425 e. The highest BCUT2D eigenvalue weighted by molar-refractivity contribution is 7.89. The van der Waals surface area contributed by atoms with E-state index in [-0.39, 0.29) is 23.5 Å². The van der Waals surface area contributed by atoms with Crippen molar-refractivity contribution in [3.8, 4) is 0 Å². The average Bonchev–Trinajstić information content (AvgIpc) is 2.35. The molecule has 0 saturated heterocycles. The van der Waals surface area contributed by atoms with E-state index < -0.39 is 17.1 Å². The van der Waals surface area contributed by atoms with Crippen molar-refractivity contribution in [1.82, 2.24) is 4.72 Å². The molecule has 0 aliphatic heterocycles. The number of sulfonamides is 1. The summed E-state index contributed by atoms with van der Waals surface area (Å²) in [4.78, 5) is 10.0. The summed E-state index contributed by atoms with van der Waals surface area (Å²) in [5.41, 5.74) is 0.209. The molecule has 3 N–H and O–H groups in total. The second-order valence-corrected chi connectivity index (χ2v) is 4.94. The molecule has 0 aromatic heterocycles. The minimum absolute atomic E-state index is 0.0206. The van der Waals surface area contributed by atoms with Crippen molar-refractivity contribution in [3.05, 3.63) is 29.2 Å². The van der Waals surface area contributed by atoms with Gasteiger partial charge in [0.15, 0.2) is 0 Å². The summed E-state index contributed by atoms with van der Waals surface area (Å²) in [5, 5.41) is 20.0. The number of nitrogens with one attached hydrogen (secondary N) is 1. The number of aliphatic hydroxyl groups excluding tert-OH is 1. The van der Waals surface area contributed by atoms with Gasteiger partial charge in [-0.1, -0.05) is 17.2 Å². The maximum Gasteiger partial charge on any atom is 0.517 e. The van der Waals surface area contributed by atoms with E-state index in [1.165, 1.54) is 24.3 Å². The molecule has 9 heteroatoms. The van der Waals surface area contributed by atoms with E-state index >= 15 is 0 Å². The van der Waals surface area contributed by atoms with Crippen molar-refractivity contribution in [2.24, 2.45) is 5.09 Å². The topological polar surface area (TPSA) is 116 Å². The van der Waals surface area contributed by atoms with Crippen molar-refractivity contribution in [2.45, 2.75) is 4.90 Å². The fraction of sp³-hybridized carbons (Fsp3) is 0.250. The number of nitrogens with zero attached hydrogens (tertiary/aromatic N) is 1. The summed E-state index contributed by atoms with van der Waals surface area (Å²) in [5.74, 6) is 0. The first-order valence-corrected chi connectivity index (χ1v) is 6.20. The molecule has 1 aromatic carbocycles. The lowest BCUT2D eigenvalue weighted by Gasteiger charge is -2.05. The molecule has 0 radical (unpaired) electrons. The van der Waals surface area contributed by atoms with Crippen LogP contribution in [0.25, 0.3) is 0 Å². The molecule has 1 rings (SSSR count). The Kier molecular flexibility index (Phi) is 4.76. The first kappa shape index (κ1) is 13.8. The van der Waals surface area contributed by atoms with Crippen LogP contribution in [0.1, 0.15) is 0 Å². The highest BCUT2D eigenvalue weighted by Crippen LogP contribution is 2.06. The number of aliphatic hydroxyl groups is 1. The molecule has 0 aliphatic rings. The van der Waals surface area contributed by atoms with Gasteiger partial charge in [-0.15, -0.1) is 0 Å². The van der Waals surface area contributed by atoms with Crippen LogP contribution in [-0.4, -0.2) is 38.8 Å². The first-order chi connectivity index (χ1) is 8.01. The van der Waals surface area contributed by atoms with Gasteiger partial charge in [-0.2, -0.15) is 4.91 Å². The molecule has 0 aliphatic carbocycles. The van der Waals surface area contributed by atoms with Crippen LogP contribution in [0.3, 0.4) is 0 Å². The van der Waals surface area contributed by atoms with Gasteiger partial charge in [0.1, 0.15) is 0 Å². The van der Waals surface area contributed by atoms with Gasteiger partial charge in [0, 0.05) is 6.54 Å². The molecule has 92 valence electrons. The van der Waals surface area contributed by atoms with Gasteiger partial charge < -0.3 is 10.1 Å². The Bertz CT molecular complexity index is 475. The Hall–Kier alpha value is -1.29. The van der Waals surface area contributed by atoms with E-state index in [4.69, 9.17) is 10.1 Å². The number of nitroso groups, excluding NO2 is 1. The normalized spacial score (nSPS) is 11.2. The molecule has 0 spiro atoms. The summed E-state index contributed by atoms with van der Waals surface area (Å²) in [7, 11) is -5.17. The largest absolute Gasteiger partial charge is 0.517 e. The Morgan fingerprint density at radius 3 is 2.35 bits per heavy atom. The summed E-state index contributed by atoms with van der Waals surface area (Å²) < 4.78 is 25.3. The number of rotatable bonds is 6. The van der Waals surface area contributed by atoms with Gasteiger partial charge in [-0.05, 0) is 17.6 Å². The molecule has 0 atom stereocenters. The van der Waals surface area contributed by atoms with E-state index in [1.807, 2.05) is 0 Å². The number of benzene rings is 1. The predicted molar refractivity (Wildman–Crippen MR) is 62.1 cm³/mol. The lowest BCUT2D eigenvalue weighted by molar-refractivity contribution is 0.301. The van der Waals surface area contributed by atoms with Gasteiger partial charge in [0.05, 0.1) is 11.5 Å². The van der Waals surface area contributed by atoms with Crippen LogP contribution in [0, 0.1) is 4.91 Å². The molecule has 0 bridgehead atoms. The second kappa shape index (κ2) is 5.87. The maximum absolute atomic E-state index is 11.6. The third-order valence-electron chi connectivity index (χ3n) is 1.99. The predicted octanol–water partition coefficient (Wildman–Crippen LogP) is -1.59. The van der Waals surface area contributed by atoms with Crippen LogP contribution >= 0.6 is 0 Å². The third kappa shape index (κ3) is 3.60. The van der Waals surface area contributed by atoms with Crippen LogP contribution in [0.15, 0.2) is 34.2 Å². The average molecular weight is 258 g/mol. The van der Waals surface area contributed by atoms with Crippen molar-refractivity contribution in [1.29, 1.82) is 0 Å². The maximum atomic E-state index is 11.6. The fourth-order valence-electron chi connectivity index (χ4n) is 1.14. The van der Waals surface area contributed by atoms with E-state index in [0.717, 1.165) is 0 Å². The van der Waals surface area contributed by atoms with Crippen LogP contribution < -0.4 is 10.2 Å². The van der Waals surface area contributed by atoms with E-state index in [0.29, 0.717) is 0 Å². The van der Waals surface area contributed by atoms with Crippen molar-refractivity contribution < 1.29 is 18.5 Å². The Morgan fingerprint density at radius 1 is 1.29 bits per heavy atom. The lowest BCUT2D eigenvalue weighted by atomic mass is 9.76. The van der Waals surface area contributed by atoms with Crippen LogP contribution in [-0.2, 0) is 10.0 Å². The number of hydrogen-bond acceptors (Lipinski definition) is 6. The Morgan fingerprint density at radius 2 is 1.88 bits per heavy atom. The van der Waals surface area contributed by atoms with Crippen molar-refractivity contribution >= 4 is 22.5 Å². The van der Waals surface area contributed by atoms with E-state index in [9.17, 15) is 13.3 Å². The standard InChI is InChI=1S/C8H11BN2O5S/c12-6-5-10-17(15,16)8-3-1-7(2-4-8)9(13)11-14/h1-4,10,12-13H,5-6H2. The van der Waals surface area contributed by atoms with Gasteiger partial charge >= 0.3 is 7.05 Å². The number of hydrogen-bond donors (Lipinski definition) is 3. The van der Waals surface area contributed by atoms with Gasteiger partial charge in [0.25, 0.3) is 0 Å². The molecule has 0 unspecified atom stereocenters. The zero-order chi connectivity index (χ0) is 12.9. The highest BCUT2D eigenvalue weighted by Gasteiger charge is 2.18. The molecule has 17 heavy (non-hydrogen) atoms. The molecule has 0 heterocycles. The molecule has 0 fully saturated rings. The zero-order valence-electron chi connectivity index (χ0n) is 8.78. The van der Waals surface area contributed by atoms with Crippen molar-refractivity contribution in [2.75, 3.05) is 13.2 Å². The van der Waals surface area contributed by atoms with E-state index in [2.05, 4.69) is 9.81 Å². The lowest BCUT2D eigenvalue weighted by Crippen LogP contribution is -2.29. The summed E-state index contributed by atoms with van der Waals surface area (Å²) >= 11 is 0. The Balaban J connectivity index is 2.90. The second-order valence-electron chi connectivity index (χ2n) is 3.17. The van der Waals surface area contributed by atoms with Crippen molar-refractivity contribution in [3.63, 3.8) is 0 Å². The molecule has 7 nitrogen and oxygen atoms in total. The summed E-state index contributed by atoms with van der Waals surface area (Å²) in [6.07, 6.45) is 0.